The lowest BCUT2D eigenvalue weighted by atomic mass is 10.1. The van der Waals surface area contributed by atoms with E-state index in [4.69, 9.17) is 11.0 Å². The lowest BCUT2D eigenvalue weighted by Crippen LogP contribution is -2.23. The molecule has 0 spiro atoms. The Morgan fingerprint density at radius 2 is 1.34 bits per heavy atom. The average Bonchev–Trinajstić information content (AvgIpc) is 2.52. The molecule has 29 heavy (non-hydrogen) atoms. The van der Waals surface area contributed by atoms with E-state index >= 15 is 0 Å². The van der Waals surface area contributed by atoms with Gasteiger partial charge >= 0.3 is 12.4 Å². The Labute approximate surface area is 165 Å². The topological polar surface area (TPSA) is 116 Å². The van der Waals surface area contributed by atoms with E-state index in [0.717, 1.165) is 12.1 Å². The van der Waals surface area contributed by atoms with Crippen molar-refractivity contribution in [1.82, 2.24) is 9.97 Å². The van der Waals surface area contributed by atoms with E-state index < -0.39 is 52.3 Å². The summed E-state index contributed by atoms with van der Waals surface area (Å²) in [5.41, 5.74) is 0.0451. The zero-order valence-corrected chi connectivity index (χ0v) is 15.7. The molecular weight excluding hydrogens is 430 g/mol. The van der Waals surface area contributed by atoms with Gasteiger partial charge in [0.2, 0.25) is 0 Å². The number of nitrogens with zero attached hydrogens (tertiary/aromatic N) is 1. The highest BCUT2D eigenvalue weighted by Gasteiger charge is 2.35. The first-order valence-corrected chi connectivity index (χ1v) is 7.43. The van der Waals surface area contributed by atoms with E-state index in [1.165, 1.54) is 19.9 Å². The first kappa shape index (κ1) is 26.2. The van der Waals surface area contributed by atoms with E-state index in [2.05, 4.69) is 9.97 Å². The maximum absolute atomic E-state index is 12.4. The smallest absolute Gasteiger partial charge is 0.326 e. The zero-order chi connectivity index (χ0) is 21.9. The number of aromatic amines is 2. The van der Waals surface area contributed by atoms with Crippen LogP contribution in [0.1, 0.15) is 33.6 Å². The third-order valence-electron chi connectivity index (χ3n) is 3.37. The van der Waals surface area contributed by atoms with Crippen LogP contribution in [-0.2, 0) is 18.9 Å². The van der Waals surface area contributed by atoms with Crippen LogP contribution in [-0.4, -0.2) is 9.97 Å². The predicted molar refractivity (Wildman–Crippen MR) is 93.5 cm³/mol. The average molecular weight is 445 g/mol. The quantitative estimate of drug-likeness (QED) is 0.586. The molecular formula is C16H15ClF6N4O2. The van der Waals surface area contributed by atoms with Gasteiger partial charge in [-0.2, -0.15) is 31.6 Å². The van der Waals surface area contributed by atoms with E-state index in [-0.39, 0.29) is 23.8 Å². The van der Waals surface area contributed by atoms with Gasteiger partial charge in [0.05, 0.1) is 11.1 Å². The van der Waals surface area contributed by atoms with Gasteiger partial charge < -0.3 is 15.7 Å². The molecule has 0 saturated carbocycles. The fourth-order valence-electron chi connectivity index (χ4n) is 2.20. The number of H-pyrrole nitrogens is 2. The molecule has 6 nitrogen and oxygen atoms in total. The number of rotatable bonds is 1. The number of halogens is 7. The van der Waals surface area contributed by atoms with Crippen LogP contribution in [0.5, 0.6) is 0 Å². The molecule has 160 valence electrons. The van der Waals surface area contributed by atoms with Crippen LogP contribution in [0.3, 0.4) is 0 Å². The first-order chi connectivity index (χ1) is 12.7. The van der Waals surface area contributed by atoms with E-state index in [9.17, 15) is 35.9 Å². The van der Waals surface area contributed by atoms with E-state index in [1.54, 1.807) is 0 Å². The molecule has 2 heterocycles. The maximum atomic E-state index is 12.4. The molecule has 0 fully saturated rings. The van der Waals surface area contributed by atoms with Crippen LogP contribution < -0.4 is 16.9 Å². The van der Waals surface area contributed by atoms with Crippen LogP contribution in [0.4, 0.5) is 26.3 Å². The predicted octanol–water partition coefficient (Wildman–Crippen LogP) is 3.16. The van der Waals surface area contributed by atoms with Crippen molar-refractivity contribution in [1.29, 1.82) is 5.26 Å². The van der Waals surface area contributed by atoms with Crippen LogP contribution >= 0.6 is 12.4 Å². The molecule has 0 saturated heterocycles. The zero-order valence-electron chi connectivity index (χ0n) is 14.9. The number of aryl methyl sites for hydroxylation is 2. The van der Waals surface area contributed by atoms with E-state index in [0.29, 0.717) is 0 Å². The van der Waals surface area contributed by atoms with Gasteiger partial charge in [-0.15, -0.1) is 12.4 Å². The van der Waals surface area contributed by atoms with Crippen molar-refractivity contribution >= 4 is 12.4 Å². The van der Waals surface area contributed by atoms with Crippen LogP contribution in [0.25, 0.3) is 0 Å². The third kappa shape index (κ3) is 6.65. The molecule has 4 N–H and O–H groups in total. The number of hydrogen-bond donors (Lipinski definition) is 3. The largest absolute Gasteiger partial charge is 0.417 e. The Balaban J connectivity index is 0.000000523. The Hall–Kier alpha value is -2.78. The molecule has 2 rings (SSSR count). The summed E-state index contributed by atoms with van der Waals surface area (Å²) in [5.74, 6) is 0. The Morgan fingerprint density at radius 3 is 1.72 bits per heavy atom. The highest BCUT2D eigenvalue weighted by atomic mass is 35.5. The SMILES string of the molecule is Cc1cc(C(F)(F)F)c(C#N)c(=O)[nH]1.Cc1cc(C(F)(F)F)c(CN)c(=O)[nH]1.Cl. The lowest BCUT2D eigenvalue weighted by Gasteiger charge is -2.11. The highest BCUT2D eigenvalue weighted by Crippen LogP contribution is 2.31. The number of hydrogen-bond acceptors (Lipinski definition) is 4. The fourth-order valence-corrected chi connectivity index (χ4v) is 2.20. The number of nitriles is 1. The number of alkyl halides is 6. The Morgan fingerprint density at radius 1 is 0.931 bits per heavy atom. The first-order valence-electron chi connectivity index (χ1n) is 7.43. The normalized spacial score (nSPS) is 11.0. The van der Waals surface area contributed by atoms with Gasteiger partial charge in [-0.1, -0.05) is 0 Å². The van der Waals surface area contributed by atoms with Crippen LogP contribution in [0, 0.1) is 25.2 Å². The Kier molecular flexibility index (Phi) is 8.70. The number of nitrogens with two attached hydrogens (primary N) is 1. The van der Waals surface area contributed by atoms with E-state index in [1.807, 2.05) is 0 Å². The maximum Gasteiger partial charge on any atom is 0.417 e. The highest BCUT2D eigenvalue weighted by molar-refractivity contribution is 5.85. The van der Waals surface area contributed by atoms with Crippen LogP contribution in [0.2, 0.25) is 0 Å². The molecule has 0 amide bonds. The molecule has 0 aliphatic heterocycles. The van der Waals surface area contributed by atoms with Crippen molar-refractivity contribution in [3.63, 3.8) is 0 Å². The number of pyridine rings is 2. The lowest BCUT2D eigenvalue weighted by molar-refractivity contribution is -0.139. The fraction of sp³-hybridized carbons (Fsp3) is 0.312. The van der Waals surface area contributed by atoms with Crippen molar-refractivity contribution in [3.8, 4) is 6.07 Å². The summed E-state index contributed by atoms with van der Waals surface area (Å²) < 4.78 is 74.0. The minimum atomic E-state index is -4.68. The molecule has 0 bridgehead atoms. The van der Waals surface area contributed by atoms with Crippen molar-refractivity contribution in [2.24, 2.45) is 5.73 Å². The number of nitrogens with one attached hydrogen (secondary N) is 2. The van der Waals surface area contributed by atoms with Crippen LogP contribution in [0.15, 0.2) is 21.7 Å². The van der Waals surface area contributed by atoms with Gasteiger partial charge in [-0.3, -0.25) is 9.59 Å². The standard InChI is InChI=1S/C8H9F3N2O.C8H5F3N2O.ClH/c2*1-4-2-6(8(9,10)11)5(3-12)7(14)13-4;/h2H,3,12H2,1H3,(H,13,14);2H,1H3,(H,13,14);1H. The van der Waals surface area contributed by atoms with Gasteiger partial charge in [0.25, 0.3) is 11.1 Å². The second kappa shape index (κ2) is 9.62. The molecule has 0 aliphatic carbocycles. The van der Waals surface area contributed by atoms with Gasteiger partial charge in [0.15, 0.2) is 0 Å². The third-order valence-corrected chi connectivity index (χ3v) is 3.37. The number of aromatic nitrogens is 2. The minimum absolute atomic E-state index is 0. The van der Waals surface area contributed by atoms with Gasteiger partial charge in [-0.25, -0.2) is 0 Å². The summed E-state index contributed by atoms with van der Waals surface area (Å²) in [6, 6.07) is 2.85. The summed E-state index contributed by atoms with van der Waals surface area (Å²) >= 11 is 0. The summed E-state index contributed by atoms with van der Waals surface area (Å²) in [4.78, 5) is 26.5. The Bertz CT molecular complexity index is 1020. The second-order valence-electron chi connectivity index (χ2n) is 5.56. The summed E-state index contributed by atoms with van der Waals surface area (Å²) in [7, 11) is 0. The van der Waals surface area contributed by atoms with Gasteiger partial charge in [0, 0.05) is 23.5 Å². The van der Waals surface area contributed by atoms with Crippen molar-refractivity contribution in [2.45, 2.75) is 32.7 Å². The molecule has 0 unspecified atom stereocenters. The van der Waals surface area contributed by atoms with Gasteiger partial charge in [-0.05, 0) is 26.0 Å². The summed E-state index contributed by atoms with van der Waals surface area (Å²) in [5, 5.41) is 8.38. The molecule has 0 atom stereocenters. The molecule has 0 aliphatic rings. The molecule has 2 aromatic rings. The van der Waals surface area contributed by atoms with Gasteiger partial charge in [0.1, 0.15) is 11.6 Å². The molecule has 2 aromatic heterocycles. The summed E-state index contributed by atoms with van der Waals surface area (Å²) in [6.07, 6.45) is -9.21. The van der Waals surface area contributed by atoms with Crippen molar-refractivity contribution in [3.05, 3.63) is 66.5 Å². The monoisotopic (exact) mass is 444 g/mol. The second-order valence-corrected chi connectivity index (χ2v) is 5.56. The minimum Gasteiger partial charge on any atom is -0.326 e. The van der Waals surface area contributed by atoms with Crippen molar-refractivity contribution < 1.29 is 26.3 Å². The molecule has 0 radical (unpaired) electrons. The molecule has 13 heteroatoms. The summed E-state index contributed by atoms with van der Waals surface area (Å²) in [6.45, 7) is 2.28. The molecule has 0 aromatic carbocycles. The van der Waals surface area contributed by atoms with Crippen molar-refractivity contribution in [2.75, 3.05) is 0 Å².